The number of nitrogens with one attached hydrogen (secondary N) is 2. The summed E-state index contributed by atoms with van der Waals surface area (Å²) in [5.41, 5.74) is 2.40. The second kappa shape index (κ2) is 7.69. The summed E-state index contributed by atoms with van der Waals surface area (Å²) < 4.78 is 38.2. The van der Waals surface area contributed by atoms with Gasteiger partial charge in [-0.15, -0.1) is 0 Å². The summed E-state index contributed by atoms with van der Waals surface area (Å²) in [6, 6.07) is 13.4. The summed E-state index contributed by atoms with van der Waals surface area (Å²) in [6.07, 6.45) is -4.45. The number of amidine groups is 1. The zero-order valence-electron chi connectivity index (χ0n) is 13.6. The van der Waals surface area contributed by atoms with E-state index in [9.17, 15) is 18.0 Å². The summed E-state index contributed by atoms with van der Waals surface area (Å²) in [5.74, 6) is -0.475. The van der Waals surface area contributed by atoms with Crippen LogP contribution in [0.4, 0.5) is 24.5 Å². The second-order valence-electron chi connectivity index (χ2n) is 5.34. The molecular formula is C17H17F3N4O. The zero-order valence-corrected chi connectivity index (χ0v) is 13.6. The fraction of sp³-hybridized carbons (Fsp3) is 0.176. The van der Waals surface area contributed by atoms with Crippen molar-refractivity contribution in [2.75, 3.05) is 24.8 Å². The Balaban J connectivity index is 2.16. The zero-order chi connectivity index (χ0) is 18.4. The molecule has 0 fully saturated rings. The summed E-state index contributed by atoms with van der Waals surface area (Å²) in [5, 5.41) is 6.59. The van der Waals surface area contributed by atoms with Crippen molar-refractivity contribution < 1.29 is 18.0 Å². The molecule has 0 aliphatic heterocycles. The summed E-state index contributed by atoms with van der Waals surface area (Å²) >= 11 is 0. The van der Waals surface area contributed by atoms with Gasteiger partial charge in [-0.2, -0.15) is 18.3 Å². The molecule has 0 spiro atoms. The van der Waals surface area contributed by atoms with Crippen molar-refractivity contribution in [3.8, 4) is 0 Å². The highest BCUT2D eigenvalue weighted by Crippen LogP contribution is 2.30. The van der Waals surface area contributed by atoms with Crippen molar-refractivity contribution in [2.24, 2.45) is 5.10 Å². The maximum atomic E-state index is 12.7. The lowest BCUT2D eigenvalue weighted by Gasteiger charge is -2.16. The fourth-order valence-corrected chi connectivity index (χ4v) is 1.94. The van der Waals surface area contributed by atoms with Crippen molar-refractivity contribution >= 4 is 23.1 Å². The van der Waals surface area contributed by atoms with Crippen LogP contribution in [-0.4, -0.2) is 30.7 Å². The van der Waals surface area contributed by atoms with Crippen LogP contribution in [0.2, 0.25) is 0 Å². The van der Waals surface area contributed by atoms with Crippen LogP contribution >= 0.6 is 0 Å². The minimum Gasteiger partial charge on any atom is -0.357 e. The number of likely N-dealkylation sites (N-methyl/N-ethyl adjacent to an activating group) is 1. The Morgan fingerprint density at radius 2 is 1.64 bits per heavy atom. The van der Waals surface area contributed by atoms with E-state index >= 15 is 0 Å². The number of halogens is 3. The average molecular weight is 350 g/mol. The summed E-state index contributed by atoms with van der Waals surface area (Å²) in [7, 11) is 3.22. The standard InChI is InChI=1S/C17H17F3N4O/c1-24(2)15(16(25)21-13-8-4-3-5-9-13)23-22-14-10-6-7-12(11-14)17(18,19)20/h3-11,22H,1-2H3,(H,21,25)/b23-15+. The number of hydrogen-bond donors (Lipinski definition) is 2. The molecule has 0 radical (unpaired) electrons. The quantitative estimate of drug-likeness (QED) is 0.505. The van der Waals surface area contributed by atoms with Crippen molar-refractivity contribution in [1.29, 1.82) is 0 Å². The number of para-hydroxylation sites is 1. The SMILES string of the molecule is CN(C)/C(=N/Nc1cccc(C(F)(F)F)c1)C(=O)Nc1ccccc1. The third-order valence-electron chi connectivity index (χ3n) is 3.14. The van der Waals surface area contributed by atoms with Crippen LogP contribution in [-0.2, 0) is 11.0 Å². The molecule has 0 heterocycles. The van der Waals surface area contributed by atoms with Crippen LogP contribution < -0.4 is 10.7 Å². The first-order valence-corrected chi connectivity index (χ1v) is 7.32. The van der Waals surface area contributed by atoms with Gasteiger partial charge in [0.2, 0.25) is 5.84 Å². The highest BCUT2D eigenvalue weighted by Gasteiger charge is 2.30. The number of nitrogens with zero attached hydrogens (tertiary/aromatic N) is 2. The first kappa shape index (κ1) is 18.3. The number of hydrazone groups is 1. The van der Waals surface area contributed by atoms with Crippen LogP contribution in [0.15, 0.2) is 59.7 Å². The summed E-state index contributed by atoms with van der Waals surface area (Å²) in [4.78, 5) is 13.8. The van der Waals surface area contributed by atoms with Gasteiger partial charge < -0.3 is 10.2 Å². The minimum absolute atomic E-state index is 0.0151. The topological polar surface area (TPSA) is 56.7 Å². The van der Waals surface area contributed by atoms with E-state index in [-0.39, 0.29) is 11.5 Å². The second-order valence-corrected chi connectivity index (χ2v) is 5.34. The van der Waals surface area contributed by atoms with E-state index < -0.39 is 17.6 Å². The van der Waals surface area contributed by atoms with Gasteiger partial charge >= 0.3 is 6.18 Å². The Labute approximate surface area is 143 Å². The predicted octanol–water partition coefficient (Wildman–Crippen LogP) is 3.63. The molecule has 25 heavy (non-hydrogen) atoms. The Kier molecular flexibility index (Phi) is 5.63. The van der Waals surface area contributed by atoms with Gasteiger partial charge in [0.15, 0.2) is 0 Å². The molecule has 132 valence electrons. The lowest BCUT2D eigenvalue weighted by molar-refractivity contribution is -0.137. The lowest BCUT2D eigenvalue weighted by atomic mass is 10.2. The molecule has 2 rings (SSSR count). The molecule has 0 bridgehead atoms. The molecule has 0 unspecified atom stereocenters. The molecule has 0 saturated carbocycles. The van der Waals surface area contributed by atoms with Crippen LogP contribution in [0.3, 0.4) is 0 Å². The van der Waals surface area contributed by atoms with Crippen molar-refractivity contribution in [3.05, 3.63) is 60.2 Å². The molecule has 0 saturated heterocycles. The van der Waals surface area contributed by atoms with E-state index in [1.807, 2.05) is 6.07 Å². The molecule has 2 aromatic carbocycles. The van der Waals surface area contributed by atoms with Gasteiger partial charge in [-0.1, -0.05) is 24.3 Å². The summed E-state index contributed by atoms with van der Waals surface area (Å²) in [6.45, 7) is 0. The number of carbonyl (C=O) groups is 1. The van der Waals surface area contributed by atoms with Gasteiger partial charge in [-0.05, 0) is 30.3 Å². The molecule has 8 heteroatoms. The average Bonchev–Trinajstić information content (AvgIpc) is 2.55. The van der Waals surface area contributed by atoms with Crippen LogP contribution in [0.5, 0.6) is 0 Å². The molecule has 1 amide bonds. The van der Waals surface area contributed by atoms with Crippen molar-refractivity contribution in [1.82, 2.24) is 4.90 Å². The largest absolute Gasteiger partial charge is 0.416 e. The van der Waals surface area contributed by atoms with Crippen LogP contribution in [0, 0.1) is 0 Å². The Morgan fingerprint density at radius 3 is 2.24 bits per heavy atom. The van der Waals surface area contributed by atoms with Gasteiger partial charge in [0, 0.05) is 19.8 Å². The van der Waals surface area contributed by atoms with Gasteiger partial charge in [-0.25, -0.2) is 0 Å². The number of amides is 1. The van der Waals surface area contributed by atoms with Crippen LogP contribution in [0.25, 0.3) is 0 Å². The number of anilines is 2. The monoisotopic (exact) mass is 350 g/mol. The number of rotatable bonds is 3. The van der Waals surface area contributed by atoms with Gasteiger partial charge in [0.1, 0.15) is 0 Å². The lowest BCUT2D eigenvalue weighted by Crippen LogP contribution is -2.35. The molecule has 5 nitrogen and oxygen atoms in total. The Bertz CT molecular complexity index is 758. The first-order valence-electron chi connectivity index (χ1n) is 7.32. The number of hydrogen-bond acceptors (Lipinski definition) is 3. The first-order chi connectivity index (χ1) is 11.8. The third-order valence-corrected chi connectivity index (χ3v) is 3.14. The van der Waals surface area contributed by atoms with E-state index in [0.29, 0.717) is 5.69 Å². The molecule has 0 aliphatic rings. The maximum Gasteiger partial charge on any atom is 0.416 e. The number of carbonyl (C=O) groups excluding carboxylic acids is 1. The Hall–Kier alpha value is -3.03. The Morgan fingerprint density at radius 1 is 1.00 bits per heavy atom. The fourth-order valence-electron chi connectivity index (χ4n) is 1.94. The van der Waals surface area contributed by atoms with E-state index in [4.69, 9.17) is 0 Å². The van der Waals surface area contributed by atoms with Gasteiger partial charge in [-0.3, -0.25) is 10.2 Å². The molecular weight excluding hydrogens is 333 g/mol. The van der Waals surface area contributed by atoms with Crippen molar-refractivity contribution in [3.63, 3.8) is 0 Å². The highest BCUT2D eigenvalue weighted by atomic mass is 19.4. The molecule has 0 atom stereocenters. The third kappa shape index (κ3) is 5.23. The van der Waals surface area contributed by atoms with E-state index in [2.05, 4.69) is 15.8 Å². The minimum atomic E-state index is -4.45. The van der Waals surface area contributed by atoms with Gasteiger partial charge in [0.25, 0.3) is 5.91 Å². The molecule has 2 N–H and O–H groups in total. The van der Waals surface area contributed by atoms with E-state index in [0.717, 1.165) is 12.1 Å². The number of alkyl halides is 3. The number of benzene rings is 2. The van der Waals surface area contributed by atoms with Crippen molar-refractivity contribution in [2.45, 2.75) is 6.18 Å². The molecule has 0 aliphatic carbocycles. The maximum absolute atomic E-state index is 12.7. The predicted molar refractivity (Wildman–Crippen MR) is 91.3 cm³/mol. The molecule has 0 aromatic heterocycles. The van der Waals surface area contributed by atoms with Crippen LogP contribution in [0.1, 0.15) is 5.56 Å². The van der Waals surface area contributed by atoms with E-state index in [1.165, 1.54) is 17.0 Å². The van der Waals surface area contributed by atoms with E-state index in [1.54, 1.807) is 38.4 Å². The molecule has 2 aromatic rings. The normalized spacial score (nSPS) is 11.8. The van der Waals surface area contributed by atoms with Gasteiger partial charge in [0.05, 0.1) is 11.3 Å². The smallest absolute Gasteiger partial charge is 0.357 e. The highest BCUT2D eigenvalue weighted by molar-refractivity contribution is 6.42.